The predicted molar refractivity (Wildman–Crippen MR) is 119 cm³/mol. The Morgan fingerprint density at radius 3 is 2.11 bits per heavy atom. The molecule has 0 spiro atoms. The molecule has 0 saturated carbocycles. The zero-order valence-corrected chi connectivity index (χ0v) is 18.2. The van der Waals surface area contributed by atoms with Gasteiger partial charge < -0.3 is 9.64 Å². The number of rotatable bonds is 13. The molecule has 0 bridgehead atoms. The fourth-order valence-electron chi connectivity index (χ4n) is 4.41. The van der Waals surface area contributed by atoms with E-state index in [-0.39, 0.29) is 0 Å². The van der Waals surface area contributed by atoms with Gasteiger partial charge in [-0.3, -0.25) is 0 Å². The molecule has 1 heterocycles. The number of fused-ring (bicyclic) bond motifs is 1. The molecule has 0 N–H and O–H groups in total. The van der Waals surface area contributed by atoms with Crippen LogP contribution in [-0.4, -0.2) is 19.7 Å². The van der Waals surface area contributed by atoms with E-state index in [9.17, 15) is 0 Å². The van der Waals surface area contributed by atoms with Crippen molar-refractivity contribution in [2.24, 2.45) is 5.92 Å². The quantitative estimate of drug-likeness (QED) is 0.330. The molecule has 27 heavy (non-hydrogen) atoms. The summed E-state index contributed by atoms with van der Waals surface area (Å²) in [6, 6.07) is 8.61. The third-order valence-corrected chi connectivity index (χ3v) is 6.11. The van der Waals surface area contributed by atoms with E-state index in [0.29, 0.717) is 12.0 Å². The highest BCUT2D eigenvalue weighted by atomic mass is 16.5. The topological polar surface area (TPSA) is 12.5 Å². The van der Waals surface area contributed by atoms with E-state index in [2.05, 4.69) is 50.1 Å². The van der Waals surface area contributed by atoms with E-state index in [1.165, 1.54) is 89.2 Å². The first-order valence-corrected chi connectivity index (χ1v) is 11.7. The lowest BCUT2D eigenvalue weighted by Gasteiger charge is -2.27. The highest BCUT2D eigenvalue weighted by molar-refractivity contribution is 5.58. The van der Waals surface area contributed by atoms with Gasteiger partial charge in [-0.25, -0.2) is 0 Å². The van der Waals surface area contributed by atoms with Crippen LogP contribution < -0.4 is 9.64 Å². The van der Waals surface area contributed by atoms with Gasteiger partial charge in [-0.15, -0.1) is 0 Å². The van der Waals surface area contributed by atoms with Crippen LogP contribution in [0, 0.1) is 5.92 Å². The summed E-state index contributed by atoms with van der Waals surface area (Å²) in [6.45, 7) is 5.71. The average Bonchev–Trinajstić information content (AvgIpc) is 2.81. The van der Waals surface area contributed by atoms with E-state index in [4.69, 9.17) is 4.74 Å². The molecule has 154 valence electrons. The Hall–Kier alpha value is -1.18. The fourth-order valence-corrected chi connectivity index (χ4v) is 4.41. The van der Waals surface area contributed by atoms with Gasteiger partial charge in [0.1, 0.15) is 11.9 Å². The Bertz CT molecular complexity index is 501. The molecule has 2 heteroatoms. The maximum Gasteiger partial charge on any atom is 0.143 e. The first kappa shape index (κ1) is 22.1. The summed E-state index contributed by atoms with van der Waals surface area (Å²) in [5.74, 6) is 1.74. The number of para-hydroxylation sites is 2. The minimum Gasteiger partial charge on any atom is -0.488 e. The molecule has 0 amide bonds. The standard InChI is InChI=1S/C25H43NO/c1-4-6-8-10-12-14-19-24-22(17-13-11-9-7-5-2)21-26(3)23-18-15-16-20-25(23)27-24/h15-16,18,20,22,24H,4-14,17,19,21H2,1-3H3. The second-order valence-electron chi connectivity index (χ2n) is 8.52. The van der Waals surface area contributed by atoms with Crippen molar-refractivity contribution in [2.75, 3.05) is 18.5 Å². The highest BCUT2D eigenvalue weighted by Crippen LogP contribution is 2.36. The number of anilines is 1. The van der Waals surface area contributed by atoms with Crippen molar-refractivity contribution in [2.45, 2.75) is 103 Å². The first-order chi connectivity index (χ1) is 13.3. The summed E-state index contributed by atoms with van der Waals surface area (Å²) < 4.78 is 6.60. The van der Waals surface area contributed by atoms with Gasteiger partial charge in [0.05, 0.1) is 5.69 Å². The van der Waals surface area contributed by atoms with Crippen LogP contribution in [0.4, 0.5) is 5.69 Å². The Morgan fingerprint density at radius 1 is 0.815 bits per heavy atom. The summed E-state index contributed by atoms with van der Waals surface area (Å²) >= 11 is 0. The van der Waals surface area contributed by atoms with Crippen LogP contribution in [0.2, 0.25) is 0 Å². The van der Waals surface area contributed by atoms with Crippen LogP contribution in [0.1, 0.15) is 97.3 Å². The van der Waals surface area contributed by atoms with Gasteiger partial charge in [-0.1, -0.05) is 90.2 Å². The van der Waals surface area contributed by atoms with Crippen molar-refractivity contribution in [3.05, 3.63) is 24.3 Å². The van der Waals surface area contributed by atoms with E-state index in [1.807, 2.05) is 0 Å². The molecule has 0 radical (unpaired) electrons. The highest BCUT2D eigenvalue weighted by Gasteiger charge is 2.29. The molecule has 0 aliphatic carbocycles. The summed E-state index contributed by atoms with van der Waals surface area (Å²) in [4.78, 5) is 2.42. The lowest BCUT2D eigenvalue weighted by atomic mass is 9.91. The third-order valence-electron chi connectivity index (χ3n) is 6.11. The van der Waals surface area contributed by atoms with Crippen LogP contribution in [0.3, 0.4) is 0 Å². The van der Waals surface area contributed by atoms with Crippen LogP contribution in [0.15, 0.2) is 24.3 Å². The Labute approximate surface area is 168 Å². The Morgan fingerprint density at radius 2 is 1.41 bits per heavy atom. The van der Waals surface area contributed by atoms with Crippen LogP contribution in [-0.2, 0) is 0 Å². The average molecular weight is 374 g/mol. The van der Waals surface area contributed by atoms with Crippen molar-refractivity contribution in [1.82, 2.24) is 0 Å². The monoisotopic (exact) mass is 373 g/mol. The summed E-state index contributed by atoms with van der Waals surface area (Å²) in [5.41, 5.74) is 1.26. The third kappa shape index (κ3) is 7.76. The van der Waals surface area contributed by atoms with Crippen molar-refractivity contribution in [1.29, 1.82) is 0 Å². The molecule has 1 aliphatic heterocycles. The van der Waals surface area contributed by atoms with E-state index in [0.717, 1.165) is 12.3 Å². The molecule has 1 aromatic rings. The molecule has 2 nitrogen and oxygen atoms in total. The number of benzene rings is 1. The normalized spacial score (nSPS) is 19.4. The summed E-state index contributed by atoms with van der Waals surface area (Å²) in [5, 5.41) is 0. The van der Waals surface area contributed by atoms with Crippen molar-refractivity contribution in [3.8, 4) is 5.75 Å². The number of nitrogens with zero attached hydrogens (tertiary/aromatic N) is 1. The molecule has 1 aromatic carbocycles. The second kappa shape index (κ2) is 13.1. The molecule has 0 aromatic heterocycles. The summed E-state index contributed by atoms with van der Waals surface area (Å²) in [7, 11) is 2.24. The molecule has 2 unspecified atom stereocenters. The Balaban J connectivity index is 1.91. The maximum atomic E-state index is 6.60. The summed E-state index contributed by atoms with van der Waals surface area (Å²) in [6.07, 6.45) is 17.9. The van der Waals surface area contributed by atoms with Gasteiger partial charge in [0.15, 0.2) is 0 Å². The van der Waals surface area contributed by atoms with E-state index in [1.54, 1.807) is 0 Å². The van der Waals surface area contributed by atoms with Gasteiger partial charge in [0, 0.05) is 19.5 Å². The zero-order chi connectivity index (χ0) is 19.3. The number of hydrogen-bond acceptors (Lipinski definition) is 2. The van der Waals surface area contributed by atoms with Crippen LogP contribution in [0.5, 0.6) is 5.75 Å². The van der Waals surface area contributed by atoms with Crippen LogP contribution >= 0.6 is 0 Å². The van der Waals surface area contributed by atoms with Gasteiger partial charge in [0.25, 0.3) is 0 Å². The molecule has 0 fully saturated rings. The van der Waals surface area contributed by atoms with Gasteiger partial charge in [-0.2, -0.15) is 0 Å². The largest absolute Gasteiger partial charge is 0.488 e. The van der Waals surface area contributed by atoms with Gasteiger partial charge in [-0.05, 0) is 31.4 Å². The van der Waals surface area contributed by atoms with Crippen molar-refractivity contribution in [3.63, 3.8) is 0 Å². The minimum absolute atomic E-state index is 0.383. The number of ether oxygens (including phenoxy) is 1. The van der Waals surface area contributed by atoms with E-state index < -0.39 is 0 Å². The van der Waals surface area contributed by atoms with Gasteiger partial charge >= 0.3 is 0 Å². The molecule has 2 rings (SSSR count). The maximum absolute atomic E-state index is 6.60. The molecule has 1 aliphatic rings. The lowest BCUT2D eigenvalue weighted by Crippen LogP contribution is -2.33. The number of hydrogen-bond donors (Lipinski definition) is 0. The van der Waals surface area contributed by atoms with Crippen molar-refractivity contribution < 1.29 is 4.74 Å². The smallest absolute Gasteiger partial charge is 0.143 e. The molecular formula is C25H43NO. The van der Waals surface area contributed by atoms with Gasteiger partial charge in [0.2, 0.25) is 0 Å². The number of unbranched alkanes of at least 4 members (excludes halogenated alkanes) is 9. The SMILES string of the molecule is CCCCCCCCC1Oc2ccccc2N(C)CC1CCCCCCC. The van der Waals surface area contributed by atoms with E-state index >= 15 is 0 Å². The predicted octanol–water partition coefficient (Wildman–Crippen LogP) is 7.61. The zero-order valence-electron chi connectivity index (χ0n) is 18.2. The van der Waals surface area contributed by atoms with Crippen LogP contribution in [0.25, 0.3) is 0 Å². The Kier molecular flexibility index (Phi) is 10.7. The first-order valence-electron chi connectivity index (χ1n) is 11.7. The fraction of sp³-hybridized carbons (Fsp3) is 0.760. The second-order valence-corrected chi connectivity index (χ2v) is 8.52. The molecule has 0 saturated heterocycles. The lowest BCUT2D eigenvalue weighted by molar-refractivity contribution is 0.124. The molecular weight excluding hydrogens is 330 g/mol. The minimum atomic E-state index is 0.383. The van der Waals surface area contributed by atoms with Crippen molar-refractivity contribution >= 4 is 5.69 Å². The molecule has 2 atom stereocenters.